The van der Waals surface area contributed by atoms with Crippen molar-refractivity contribution in [3.8, 4) is 0 Å². The summed E-state index contributed by atoms with van der Waals surface area (Å²) in [7, 11) is 0. The molecule has 1 atom stereocenters. The Kier molecular flexibility index (Phi) is 5.80. The Balaban J connectivity index is 1.96. The minimum atomic E-state index is 0.0223. The van der Waals surface area contributed by atoms with Gasteiger partial charge in [0.25, 0.3) is 0 Å². The highest BCUT2D eigenvalue weighted by Gasteiger charge is 2.33. The molecule has 4 aromatic rings. The van der Waals surface area contributed by atoms with Crippen LogP contribution in [-0.4, -0.2) is 16.9 Å². The fourth-order valence-electron chi connectivity index (χ4n) is 3.83. The molecule has 29 heavy (non-hydrogen) atoms. The van der Waals surface area contributed by atoms with Crippen molar-refractivity contribution in [2.75, 3.05) is 0 Å². The number of H-pyrrole nitrogens is 1. The molecule has 0 aliphatic carbocycles. The van der Waals surface area contributed by atoms with Crippen LogP contribution in [0.15, 0.2) is 79.0 Å². The van der Waals surface area contributed by atoms with Gasteiger partial charge in [0.15, 0.2) is 0 Å². The minimum Gasteiger partial charge on any atom is -0.283 e. The van der Waals surface area contributed by atoms with Gasteiger partial charge in [0, 0.05) is 27.8 Å². The Morgan fingerprint density at radius 1 is 0.793 bits per heavy atom. The molecule has 1 unspecified atom stereocenters. The highest BCUT2D eigenvalue weighted by Crippen LogP contribution is 2.27. The van der Waals surface area contributed by atoms with E-state index in [2.05, 4.69) is 70.9 Å². The number of rotatable bonds is 5. The van der Waals surface area contributed by atoms with Crippen LogP contribution in [-0.2, 0) is 0 Å². The Labute approximate surface area is 182 Å². The van der Waals surface area contributed by atoms with Crippen LogP contribution in [0.4, 0.5) is 0 Å². The summed E-state index contributed by atoms with van der Waals surface area (Å²) in [5.41, 5.74) is 6.67. The number of benzene rings is 3. The molecule has 0 saturated heterocycles. The quantitative estimate of drug-likeness (QED) is 0.437. The summed E-state index contributed by atoms with van der Waals surface area (Å²) in [6.07, 6.45) is 1.80. The average Bonchev–Trinajstić information content (AvgIpc) is 3.25. The molecule has 0 spiro atoms. The van der Waals surface area contributed by atoms with Gasteiger partial charge in [-0.3, -0.25) is 5.10 Å². The van der Waals surface area contributed by atoms with Gasteiger partial charge in [-0.15, -0.1) is 0 Å². The fraction of sp³-hybridized carbons (Fsp3) is 0.125. The number of hydrogen-bond acceptors (Lipinski definition) is 1. The van der Waals surface area contributed by atoms with Gasteiger partial charge in [0.05, 0.1) is 0 Å². The van der Waals surface area contributed by atoms with Crippen LogP contribution < -0.4 is 10.9 Å². The Bertz CT molecular complexity index is 1060. The van der Waals surface area contributed by atoms with Crippen LogP contribution in [0, 0.1) is 13.8 Å². The molecule has 144 valence electrons. The van der Waals surface area contributed by atoms with E-state index < -0.39 is 0 Å². The third kappa shape index (κ3) is 4.12. The van der Waals surface area contributed by atoms with Crippen LogP contribution in [0.5, 0.6) is 0 Å². The topological polar surface area (TPSA) is 28.7 Å². The van der Waals surface area contributed by atoms with E-state index >= 15 is 0 Å². The first-order valence-electron chi connectivity index (χ1n) is 9.61. The smallest absolute Gasteiger partial charge is 0.223 e. The molecule has 0 radical (unpaired) electrons. The van der Waals surface area contributed by atoms with Crippen molar-refractivity contribution in [1.82, 2.24) is 10.2 Å². The maximum atomic E-state index is 6.53. The fourth-order valence-corrected chi connectivity index (χ4v) is 4.21. The molecule has 4 rings (SSSR count). The van der Waals surface area contributed by atoms with Crippen molar-refractivity contribution >= 4 is 40.8 Å². The molecule has 2 nitrogen and oxygen atoms in total. The van der Waals surface area contributed by atoms with Crippen molar-refractivity contribution < 1.29 is 0 Å². The van der Waals surface area contributed by atoms with E-state index in [-0.39, 0.29) is 12.5 Å². The summed E-state index contributed by atoms with van der Waals surface area (Å²) >= 11 is 13.1. The summed E-state index contributed by atoms with van der Waals surface area (Å²) in [6.45, 7) is 4.06. The van der Waals surface area contributed by atoms with Crippen LogP contribution >= 0.6 is 23.2 Å². The van der Waals surface area contributed by atoms with E-state index in [0.717, 1.165) is 37.8 Å². The second-order valence-electron chi connectivity index (χ2n) is 7.40. The van der Waals surface area contributed by atoms with Crippen LogP contribution in [0.1, 0.15) is 28.2 Å². The van der Waals surface area contributed by atoms with Crippen LogP contribution in [0.3, 0.4) is 0 Å². The largest absolute Gasteiger partial charge is 0.283 e. The predicted octanol–water partition coefficient (Wildman–Crippen LogP) is 5.31. The van der Waals surface area contributed by atoms with Crippen molar-refractivity contribution in [2.24, 2.45) is 0 Å². The predicted molar refractivity (Wildman–Crippen MR) is 124 cm³/mol. The zero-order valence-electron chi connectivity index (χ0n) is 16.4. The standard InChI is InChI=1S/C24H21BCl2N2/c1-16-8-10-19(14-21(16)26)25(20-11-9-17(2)22(27)15-20)24(23-12-13-28-29-23)18-6-4-3-5-7-18/h3-15,24H,1-2H3,(H,28,29). The summed E-state index contributed by atoms with van der Waals surface area (Å²) in [5, 5.41) is 8.95. The molecule has 1 heterocycles. The van der Waals surface area contributed by atoms with Crippen LogP contribution in [0.2, 0.25) is 10.0 Å². The minimum absolute atomic E-state index is 0.0223. The van der Waals surface area contributed by atoms with Gasteiger partial charge < -0.3 is 0 Å². The normalized spacial score (nSPS) is 12.0. The third-order valence-corrected chi connectivity index (χ3v) is 6.27. The molecule has 0 saturated carbocycles. The molecule has 0 aliphatic heterocycles. The number of hydrogen-bond donors (Lipinski definition) is 1. The first-order chi connectivity index (χ1) is 14.0. The molecular formula is C24H21BCl2N2. The number of aromatic amines is 1. The van der Waals surface area contributed by atoms with Crippen molar-refractivity contribution in [3.05, 3.63) is 111 Å². The number of nitrogens with one attached hydrogen (secondary N) is 1. The number of halogens is 2. The van der Waals surface area contributed by atoms with Crippen molar-refractivity contribution in [2.45, 2.75) is 19.7 Å². The number of nitrogens with zero attached hydrogens (tertiary/aromatic N) is 1. The van der Waals surface area contributed by atoms with E-state index in [1.807, 2.05) is 26.0 Å². The monoisotopic (exact) mass is 418 g/mol. The van der Waals surface area contributed by atoms with Gasteiger partial charge in [0.1, 0.15) is 0 Å². The van der Waals surface area contributed by atoms with Gasteiger partial charge in [-0.05, 0) is 48.7 Å². The molecule has 0 bridgehead atoms. The molecular weight excluding hydrogens is 398 g/mol. The Morgan fingerprint density at radius 3 is 1.86 bits per heavy atom. The number of aromatic nitrogens is 2. The molecule has 5 heteroatoms. The van der Waals surface area contributed by atoms with E-state index in [9.17, 15) is 0 Å². The summed E-state index contributed by atoms with van der Waals surface area (Å²) < 4.78 is 0. The van der Waals surface area contributed by atoms with Gasteiger partial charge in [0.2, 0.25) is 6.71 Å². The first-order valence-corrected chi connectivity index (χ1v) is 10.4. The van der Waals surface area contributed by atoms with Gasteiger partial charge in [-0.1, -0.05) is 88.7 Å². The average molecular weight is 419 g/mol. The second kappa shape index (κ2) is 8.48. The van der Waals surface area contributed by atoms with Crippen LogP contribution in [0.25, 0.3) is 0 Å². The maximum Gasteiger partial charge on any atom is 0.223 e. The highest BCUT2D eigenvalue weighted by molar-refractivity contribution is 6.87. The van der Waals surface area contributed by atoms with E-state index in [0.29, 0.717) is 0 Å². The van der Waals surface area contributed by atoms with Crippen molar-refractivity contribution in [3.63, 3.8) is 0 Å². The number of aryl methyl sites for hydroxylation is 2. The highest BCUT2D eigenvalue weighted by atomic mass is 35.5. The zero-order chi connectivity index (χ0) is 20.4. The lowest BCUT2D eigenvalue weighted by atomic mass is 9.32. The van der Waals surface area contributed by atoms with E-state index in [4.69, 9.17) is 23.2 Å². The SMILES string of the molecule is Cc1ccc(B(c2ccc(C)c(Cl)c2)C(c2ccccc2)c2ccn[nH]2)cc1Cl. The first kappa shape index (κ1) is 19.8. The summed E-state index contributed by atoms with van der Waals surface area (Å²) in [6, 6.07) is 25.1. The zero-order valence-corrected chi connectivity index (χ0v) is 17.9. The maximum absolute atomic E-state index is 6.53. The summed E-state index contributed by atoms with van der Waals surface area (Å²) in [4.78, 5) is 0. The molecule has 0 aliphatic rings. The van der Waals surface area contributed by atoms with E-state index in [1.54, 1.807) is 6.20 Å². The second-order valence-corrected chi connectivity index (χ2v) is 8.21. The summed E-state index contributed by atoms with van der Waals surface area (Å²) in [5.74, 6) is 0.0382. The molecule has 3 aromatic carbocycles. The Morgan fingerprint density at radius 2 is 1.38 bits per heavy atom. The van der Waals surface area contributed by atoms with Gasteiger partial charge >= 0.3 is 0 Å². The third-order valence-electron chi connectivity index (χ3n) is 5.46. The van der Waals surface area contributed by atoms with E-state index in [1.165, 1.54) is 5.56 Å². The molecule has 0 fully saturated rings. The van der Waals surface area contributed by atoms with Gasteiger partial charge in [-0.2, -0.15) is 5.10 Å². The van der Waals surface area contributed by atoms with Crippen molar-refractivity contribution in [1.29, 1.82) is 0 Å². The molecule has 0 amide bonds. The Hall–Kier alpha value is -2.49. The molecule has 1 aromatic heterocycles. The lowest BCUT2D eigenvalue weighted by Crippen LogP contribution is -2.48. The lowest BCUT2D eigenvalue weighted by molar-refractivity contribution is 0.966. The lowest BCUT2D eigenvalue weighted by Gasteiger charge is -2.26. The molecule has 1 N–H and O–H groups in total. The van der Waals surface area contributed by atoms with Gasteiger partial charge in [-0.25, -0.2) is 0 Å².